The molecule has 2 saturated heterocycles. The molecule has 176 valence electrons. The van der Waals surface area contributed by atoms with Crippen molar-refractivity contribution in [3.63, 3.8) is 0 Å². The van der Waals surface area contributed by atoms with E-state index in [9.17, 15) is 23.1 Å². The summed E-state index contributed by atoms with van der Waals surface area (Å²) >= 11 is 0. The van der Waals surface area contributed by atoms with Crippen molar-refractivity contribution in [1.29, 1.82) is 5.26 Å². The Morgan fingerprint density at radius 2 is 2.03 bits per heavy atom. The molecule has 1 aromatic carbocycles. The highest BCUT2D eigenvalue weighted by atomic mass is 19.4. The van der Waals surface area contributed by atoms with Gasteiger partial charge in [0.15, 0.2) is 0 Å². The number of hydrogen-bond acceptors (Lipinski definition) is 5. The molecule has 1 atom stereocenters. The summed E-state index contributed by atoms with van der Waals surface area (Å²) in [4.78, 5) is 16.7. The summed E-state index contributed by atoms with van der Waals surface area (Å²) in [5.74, 6) is -0.201. The van der Waals surface area contributed by atoms with Crippen LogP contribution in [0.3, 0.4) is 0 Å². The van der Waals surface area contributed by atoms with Gasteiger partial charge in [-0.3, -0.25) is 9.48 Å². The van der Waals surface area contributed by atoms with E-state index in [1.165, 1.54) is 6.07 Å². The highest BCUT2D eigenvalue weighted by Gasteiger charge is 2.49. The molecule has 0 saturated carbocycles. The zero-order valence-electron chi connectivity index (χ0n) is 18.6. The van der Waals surface area contributed by atoms with Crippen LogP contribution in [0.4, 0.5) is 18.9 Å². The molecule has 2 aromatic rings. The van der Waals surface area contributed by atoms with Gasteiger partial charge in [-0.05, 0) is 43.4 Å². The third kappa shape index (κ3) is 4.17. The highest BCUT2D eigenvalue weighted by molar-refractivity contribution is 5.95. The number of halogens is 3. The molecule has 1 aromatic heterocycles. The Hall–Kier alpha value is -3.06. The number of hydrogen-bond donors (Lipinski definition) is 1. The number of aliphatic hydroxyl groups is 1. The largest absolute Gasteiger partial charge is 0.417 e. The minimum absolute atomic E-state index is 0.0507. The van der Waals surface area contributed by atoms with Gasteiger partial charge in [-0.2, -0.15) is 23.5 Å². The van der Waals surface area contributed by atoms with Crippen LogP contribution in [0.5, 0.6) is 0 Å². The SMILES string of the molecule is Cc1nn(C)cc1C(=O)N1CC(CO)C2(CCN(c3ccc(C#N)c(C(F)(F)F)c3)CC2)C1. The van der Waals surface area contributed by atoms with Crippen LogP contribution in [0.2, 0.25) is 0 Å². The summed E-state index contributed by atoms with van der Waals surface area (Å²) < 4.78 is 41.7. The maximum atomic E-state index is 13.4. The van der Waals surface area contributed by atoms with Gasteiger partial charge in [0.05, 0.1) is 28.5 Å². The van der Waals surface area contributed by atoms with Crippen LogP contribution in [0, 0.1) is 29.6 Å². The topological polar surface area (TPSA) is 85.4 Å². The molecule has 0 aliphatic carbocycles. The molecule has 10 heteroatoms. The Balaban J connectivity index is 1.51. The number of amides is 1. The van der Waals surface area contributed by atoms with Crippen molar-refractivity contribution in [3.05, 3.63) is 46.8 Å². The smallest absolute Gasteiger partial charge is 0.396 e. The van der Waals surface area contributed by atoms with Gasteiger partial charge in [0.25, 0.3) is 5.91 Å². The number of aromatic nitrogens is 2. The zero-order valence-corrected chi connectivity index (χ0v) is 18.6. The number of nitrogens with zero attached hydrogens (tertiary/aromatic N) is 5. The van der Waals surface area contributed by atoms with Gasteiger partial charge in [-0.15, -0.1) is 0 Å². The molecule has 4 rings (SSSR count). The lowest BCUT2D eigenvalue weighted by Gasteiger charge is -2.43. The van der Waals surface area contributed by atoms with Crippen LogP contribution in [-0.4, -0.2) is 58.5 Å². The van der Waals surface area contributed by atoms with E-state index in [1.54, 1.807) is 41.9 Å². The van der Waals surface area contributed by atoms with Crippen molar-refractivity contribution in [2.75, 3.05) is 37.7 Å². The number of nitriles is 1. The van der Waals surface area contributed by atoms with Crippen molar-refractivity contribution in [3.8, 4) is 6.07 Å². The molecular weight excluding hydrogens is 435 g/mol. The van der Waals surface area contributed by atoms with Gasteiger partial charge in [0, 0.05) is 57.6 Å². The molecule has 0 bridgehead atoms. The molecule has 1 amide bonds. The van der Waals surface area contributed by atoms with E-state index in [1.807, 2.05) is 4.90 Å². The summed E-state index contributed by atoms with van der Waals surface area (Å²) in [5, 5.41) is 23.3. The van der Waals surface area contributed by atoms with Crippen LogP contribution < -0.4 is 4.90 Å². The van der Waals surface area contributed by atoms with Gasteiger partial charge >= 0.3 is 6.18 Å². The molecule has 2 fully saturated rings. The van der Waals surface area contributed by atoms with Crippen molar-refractivity contribution in [1.82, 2.24) is 14.7 Å². The van der Waals surface area contributed by atoms with E-state index in [4.69, 9.17) is 5.26 Å². The minimum atomic E-state index is -4.60. The van der Waals surface area contributed by atoms with E-state index >= 15 is 0 Å². The van der Waals surface area contributed by atoms with E-state index in [2.05, 4.69) is 5.10 Å². The second-order valence-corrected chi connectivity index (χ2v) is 9.06. The zero-order chi connectivity index (χ0) is 24.0. The van der Waals surface area contributed by atoms with Gasteiger partial charge in [-0.25, -0.2) is 0 Å². The van der Waals surface area contributed by atoms with Crippen molar-refractivity contribution in [2.45, 2.75) is 25.9 Å². The van der Waals surface area contributed by atoms with E-state index in [0.717, 1.165) is 6.07 Å². The fraction of sp³-hybridized carbons (Fsp3) is 0.522. The first kappa shape index (κ1) is 23.1. The molecule has 1 N–H and O–H groups in total. The summed E-state index contributed by atoms with van der Waals surface area (Å²) in [6.45, 7) is 3.69. The molecule has 1 unspecified atom stereocenters. The van der Waals surface area contributed by atoms with Crippen LogP contribution in [0.25, 0.3) is 0 Å². The molecule has 7 nitrogen and oxygen atoms in total. The number of alkyl halides is 3. The van der Waals surface area contributed by atoms with E-state index < -0.39 is 17.3 Å². The number of rotatable bonds is 3. The number of aryl methyl sites for hydroxylation is 2. The van der Waals surface area contributed by atoms with E-state index in [-0.39, 0.29) is 23.8 Å². The van der Waals surface area contributed by atoms with Gasteiger partial charge in [0.2, 0.25) is 0 Å². The summed E-state index contributed by atoms with van der Waals surface area (Å²) in [5.41, 5.74) is 0.0159. The normalized spacial score (nSPS) is 20.3. The number of carbonyl (C=O) groups is 1. The Labute approximate surface area is 190 Å². The van der Waals surface area contributed by atoms with Crippen LogP contribution in [0.1, 0.15) is 40.0 Å². The summed E-state index contributed by atoms with van der Waals surface area (Å²) in [7, 11) is 1.76. The predicted octanol–water partition coefficient (Wildman–Crippen LogP) is 2.97. The Morgan fingerprint density at radius 3 is 2.58 bits per heavy atom. The summed E-state index contributed by atoms with van der Waals surface area (Å²) in [6, 6.07) is 5.41. The number of likely N-dealkylation sites (tertiary alicyclic amines) is 1. The third-order valence-electron chi connectivity index (χ3n) is 7.12. The van der Waals surface area contributed by atoms with Gasteiger partial charge in [-0.1, -0.05) is 0 Å². The maximum Gasteiger partial charge on any atom is 0.417 e. The molecule has 33 heavy (non-hydrogen) atoms. The van der Waals surface area contributed by atoms with Crippen LogP contribution >= 0.6 is 0 Å². The highest BCUT2D eigenvalue weighted by Crippen LogP contribution is 2.46. The third-order valence-corrected chi connectivity index (χ3v) is 7.12. The standard InChI is InChI=1S/C23H26F3N5O2/c1-15-19(12-29(2)28-15)21(33)31-11-17(13-32)22(14-31)5-7-30(8-6-22)18-4-3-16(10-27)20(9-18)23(24,25)26/h3-4,9,12,17,32H,5-8,11,13-14H2,1-2H3. The number of aliphatic hydroxyl groups excluding tert-OH is 1. The molecule has 0 radical (unpaired) electrons. The van der Waals surface area contributed by atoms with Crippen molar-refractivity contribution >= 4 is 11.6 Å². The first-order valence-electron chi connectivity index (χ1n) is 10.8. The quantitative estimate of drug-likeness (QED) is 0.760. The van der Waals surface area contributed by atoms with Gasteiger partial charge < -0.3 is 14.9 Å². The lowest BCUT2D eigenvalue weighted by atomic mass is 9.71. The Bertz CT molecular complexity index is 1100. The second kappa shape index (κ2) is 8.37. The number of carbonyl (C=O) groups excluding carboxylic acids is 1. The monoisotopic (exact) mass is 461 g/mol. The predicted molar refractivity (Wildman–Crippen MR) is 114 cm³/mol. The molecule has 2 aliphatic heterocycles. The second-order valence-electron chi connectivity index (χ2n) is 9.06. The lowest BCUT2D eigenvalue weighted by Crippen LogP contribution is -2.45. The average Bonchev–Trinajstić information content (AvgIpc) is 3.31. The Kier molecular flexibility index (Phi) is 5.86. The number of benzene rings is 1. The van der Waals surface area contributed by atoms with E-state index in [0.29, 0.717) is 56.0 Å². The molecule has 2 aliphatic rings. The fourth-order valence-corrected chi connectivity index (χ4v) is 5.26. The molecule has 1 spiro atoms. The lowest BCUT2D eigenvalue weighted by molar-refractivity contribution is -0.137. The Morgan fingerprint density at radius 1 is 1.33 bits per heavy atom. The van der Waals surface area contributed by atoms with Crippen LogP contribution in [-0.2, 0) is 13.2 Å². The number of piperidine rings is 1. The van der Waals surface area contributed by atoms with Gasteiger partial charge in [0.1, 0.15) is 0 Å². The summed E-state index contributed by atoms with van der Waals surface area (Å²) in [6.07, 6.45) is -1.61. The fourth-order valence-electron chi connectivity index (χ4n) is 5.26. The first-order chi connectivity index (χ1) is 15.6. The average molecular weight is 461 g/mol. The maximum absolute atomic E-state index is 13.4. The molecular formula is C23H26F3N5O2. The molecule has 3 heterocycles. The van der Waals surface area contributed by atoms with Crippen molar-refractivity contribution in [2.24, 2.45) is 18.4 Å². The van der Waals surface area contributed by atoms with Crippen LogP contribution in [0.15, 0.2) is 24.4 Å². The minimum Gasteiger partial charge on any atom is -0.396 e. The first-order valence-corrected chi connectivity index (χ1v) is 10.8. The number of anilines is 1. The van der Waals surface area contributed by atoms with Crippen molar-refractivity contribution < 1.29 is 23.1 Å².